The smallest absolute Gasteiger partial charge is 0.319 e. The molecule has 0 aromatic carbocycles. The van der Waals surface area contributed by atoms with Crippen LogP contribution in [-0.2, 0) is 5.41 Å². The van der Waals surface area contributed by atoms with Crippen molar-refractivity contribution in [3.63, 3.8) is 0 Å². The lowest BCUT2D eigenvalue weighted by Crippen LogP contribution is -2.43. The number of hydrogen-bond acceptors (Lipinski definition) is 1. The summed E-state index contributed by atoms with van der Waals surface area (Å²) < 4.78 is 0. The van der Waals surface area contributed by atoms with Gasteiger partial charge in [0.15, 0.2) is 0 Å². The maximum absolute atomic E-state index is 11.7. The van der Waals surface area contributed by atoms with Crippen LogP contribution in [0.3, 0.4) is 0 Å². The van der Waals surface area contributed by atoms with Gasteiger partial charge in [-0.25, -0.2) is 4.79 Å². The summed E-state index contributed by atoms with van der Waals surface area (Å²) >= 11 is 0. The highest BCUT2D eigenvalue weighted by Gasteiger charge is 2.17. The number of carbonyl (C=O) groups is 1. The Kier molecular flexibility index (Phi) is 3.55. The average molecular weight is 237 g/mol. The zero-order valence-electron chi connectivity index (χ0n) is 11.6. The van der Waals surface area contributed by atoms with Gasteiger partial charge in [0.05, 0.1) is 5.69 Å². The van der Waals surface area contributed by atoms with Crippen LogP contribution in [0.15, 0.2) is 12.3 Å². The van der Waals surface area contributed by atoms with E-state index < -0.39 is 0 Å². The summed E-state index contributed by atoms with van der Waals surface area (Å²) in [6, 6.07) is 1.78. The summed E-state index contributed by atoms with van der Waals surface area (Å²) in [5.41, 5.74) is 1.72. The molecular weight excluding hydrogens is 214 g/mol. The van der Waals surface area contributed by atoms with Crippen LogP contribution in [0.4, 0.5) is 10.5 Å². The fourth-order valence-electron chi connectivity index (χ4n) is 1.40. The Morgan fingerprint density at radius 3 is 2.18 bits per heavy atom. The molecule has 0 atom stereocenters. The van der Waals surface area contributed by atoms with E-state index in [1.807, 2.05) is 33.0 Å². The van der Waals surface area contributed by atoms with Gasteiger partial charge in [0.25, 0.3) is 0 Å². The highest BCUT2D eigenvalue weighted by Crippen LogP contribution is 2.23. The summed E-state index contributed by atoms with van der Waals surface area (Å²) in [6.07, 6.45) is 1.81. The minimum atomic E-state index is -0.229. The van der Waals surface area contributed by atoms with E-state index in [1.54, 1.807) is 0 Å². The number of aromatic amines is 1. The maximum Gasteiger partial charge on any atom is 0.319 e. The topological polar surface area (TPSA) is 56.9 Å². The SMILES string of the molecule is CC(C)(C)NC(=O)Nc1c[nH]c(C(C)(C)C)c1. The van der Waals surface area contributed by atoms with Gasteiger partial charge in [0.2, 0.25) is 0 Å². The first kappa shape index (κ1) is 13.6. The van der Waals surface area contributed by atoms with Gasteiger partial charge in [-0.05, 0) is 26.8 Å². The van der Waals surface area contributed by atoms with E-state index in [0.29, 0.717) is 0 Å². The van der Waals surface area contributed by atoms with Crippen molar-refractivity contribution in [2.75, 3.05) is 5.32 Å². The molecule has 0 saturated carbocycles. The molecule has 96 valence electrons. The first-order valence-corrected chi connectivity index (χ1v) is 5.86. The lowest BCUT2D eigenvalue weighted by Gasteiger charge is -2.20. The predicted molar refractivity (Wildman–Crippen MR) is 71.4 cm³/mol. The van der Waals surface area contributed by atoms with Crippen LogP contribution in [0, 0.1) is 0 Å². The van der Waals surface area contributed by atoms with Crippen LogP contribution in [0.2, 0.25) is 0 Å². The quantitative estimate of drug-likeness (QED) is 0.690. The van der Waals surface area contributed by atoms with Gasteiger partial charge >= 0.3 is 6.03 Å². The Bertz CT molecular complexity index is 394. The molecule has 0 fully saturated rings. The second kappa shape index (κ2) is 4.43. The van der Waals surface area contributed by atoms with Crippen molar-refractivity contribution in [2.45, 2.75) is 52.5 Å². The number of nitrogens with one attached hydrogen (secondary N) is 3. The third-order valence-electron chi connectivity index (χ3n) is 2.24. The Hall–Kier alpha value is -1.45. The van der Waals surface area contributed by atoms with Gasteiger partial charge in [0, 0.05) is 22.8 Å². The molecule has 0 unspecified atom stereocenters. The fourth-order valence-corrected chi connectivity index (χ4v) is 1.40. The number of H-pyrrole nitrogens is 1. The van der Waals surface area contributed by atoms with Gasteiger partial charge in [-0.1, -0.05) is 20.8 Å². The zero-order valence-corrected chi connectivity index (χ0v) is 11.6. The molecule has 1 aromatic rings. The second-order valence-electron chi connectivity index (χ2n) is 6.38. The molecule has 0 spiro atoms. The van der Waals surface area contributed by atoms with Crippen molar-refractivity contribution in [2.24, 2.45) is 0 Å². The molecule has 0 aliphatic carbocycles. The molecule has 0 saturated heterocycles. The van der Waals surface area contributed by atoms with Crippen molar-refractivity contribution in [1.82, 2.24) is 10.3 Å². The predicted octanol–water partition coefficient (Wildman–Crippen LogP) is 3.23. The minimum Gasteiger partial charge on any atom is -0.363 e. The van der Waals surface area contributed by atoms with E-state index in [0.717, 1.165) is 11.4 Å². The van der Waals surface area contributed by atoms with Crippen LogP contribution in [0.5, 0.6) is 0 Å². The van der Waals surface area contributed by atoms with Gasteiger partial charge < -0.3 is 15.6 Å². The Morgan fingerprint density at radius 1 is 1.18 bits per heavy atom. The maximum atomic E-state index is 11.7. The monoisotopic (exact) mass is 237 g/mol. The molecule has 3 N–H and O–H groups in total. The lowest BCUT2D eigenvalue weighted by atomic mass is 9.92. The highest BCUT2D eigenvalue weighted by atomic mass is 16.2. The molecule has 0 radical (unpaired) electrons. The van der Waals surface area contributed by atoms with Gasteiger partial charge in [0.1, 0.15) is 0 Å². The zero-order chi connectivity index (χ0) is 13.3. The van der Waals surface area contributed by atoms with E-state index >= 15 is 0 Å². The standard InChI is InChI=1S/C13H23N3O/c1-12(2,3)10-7-9(8-14-10)15-11(17)16-13(4,5)6/h7-8,14H,1-6H3,(H2,15,16,17). The summed E-state index contributed by atoms with van der Waals surface area (Å²) in [7, 11) is 0. The number of anilines is 1. The first-order valence-electron chi connectivity index (χ1n) is 5.86. The molecule has 4 nitrogen and oxygen atoms in total. The summed E-state index contributed by atoms with van der Waals surface area (Å²) in [5.74, 6) is 0. The van der Waals surface area contributed by atoms with E-state index in [1.165, 1.54) is 0 Å². The largest absolute Gasteiger partial charge is 0.363 e. The second-order valence-corrected chi connectivity index (χ2v) is 6.38. The van der Waals surface area contributed by atoms with Gasteiger partial charge in [-0.2, -0.15) is 0 Å². The number of rotatable bonds is 1. The molecule has 2 amide bonds. The summed E-state index contributed by atoms with van der Waals surface area (Å²) in [6.45, 7) is 12.2. The normalized spacial score (nSPS) is 12.4. The number of urea groups is 1. The van der Waals surface area contributed by atoms with Crippen molar-refractivity contribution in [3.05, 3.63) is 18.0 Å². The van der Waals surface area contributed by atoms with Gasteiger partial charge in [-0.3, -0.25) is 0 Å². The number of aromatic nitrogens is 1. The van der Waals surface area contributed by atoms with Gasteiger partial charge in [-0.15, -0.1) is 0 Å². The molecule has 0 bridgehead atoms. The molecule has 4 heteroatoms. The molecular formula is C13H23N3O. The summed E-state index contributed by atoms with van der Waals surface area (Å²) in [4.78, 5) is 14.8. The Labute approximate surface area is 103 Å². The number of hydrogen-bond donors (Lipinski definition) is 3. The fraction of sp³-hybridized carbons (Fsp3) is 0.615. The van der Waals surface area contributed by atoms with Crippen molar-refractivity contribution >= 4 is 11.7 Å². The van der Waals surface area contributed by atoms with Crippen molar-refractivity contribution in [1.29, 1.82) is 0 Å². The highest BCUT2D eigenvalue weighted by molar-refractivity contribution is 5.89. The lowest BCUT2D eigenvalue weighted by molar-refractivity contribution is 0.244. The third-order valence-corrected chi connectivity index (χ3v) is 2.24. The van der Waals surface area contributed by atoms with Crippen molar-refractivity contribution < 1.29 is 4.79 Å². The van der Waals surface area contributed by atoms with E-state index in [4.69, 9.17) is 0 Å². The Balaban J connectivity index is 2.65. The van der Waals surface area contributed by atoms with Crippen LogP contribution in [-0.4, -0.2) is 16.6 Å². The summed E-state index contributed by atoms with van der Waals surface area (Å²) in [5, 5.41) is 5.66. The van der Waals surface area contributed by atoms with Crippen LogP contribution >= 0.6 is 0 Å². The molecule has 0 aliphatic heterocycles. The van der Waals surface area contributed by atoms with Crippen LogP contribution in [0.25, 0.3) is 0 Å². The minimum absolute atomic E-state index is 0.0560. The number of carbonyl (C=O) groups excluding carboxylic acids is 1. The molecule has 0 aliphatic rings. The number of amides is 2. The Morgan fingerprint density at radius 2 is 1.76 bits per heavy atom. The first-order chi connectivity index (χ1) is 7.58. The molecule has 17 heavy (non-hydrogen) atoms. The third kappa shape index (κ3) is 4.51. The van der Waals surface area contributed by atoms with E-state index in [9.17, 15) is 4.79 Å². The van der Waals surface area contributed by atoms with E-state index in [-0.39, 0.29) is 17.0 Å². The molecule has 1 rings (SSSR count). The molecule has 1 aromatic heterocycles. The van der Waals surface area contributed by atoms with Crippen molar-refractivity contribution in [3.8, 4) is 0 Å². The van der Waals surface area contributed by atoms with Crippen LogP contribution in [0.1, 0.15) is 47.2 Å². The average Bonchev–Trinajstić information content (AvgIpc) is 2.47. The van der Waals surface area contributed by atoms with Crippen LogP contribution < -0.4 is 10.6 Å². The molecule has 1 heterocycles. The van der Waals surface area contributed by atoms with E-state index in [2.05, 4.69) is 36.4 Å².